The molecule has 0 fully saturated rings. The summed E-state index contributed by atoms with van der Waals surface area (Å²) in [6.45, 7) is 4.75. The van der Waals surface area contributed by atoms with Gasteiger partial charge in [0.25, 0.3) is 0 Å². The van der Waals surface area contributed by atoms with Gasteiger partial charge in [-0.15, -0.1) is 0 Å². The smallest absolute Gasteiger partial charge is 0.335 e. The van der Waals surface area contributed by atoms with Crippen LogP contribution in [0, 0.1) is 0 Å². The summed E-state index contributed by atoms with van der Waals surface area (Å²) >= 11 is 0. The van der Waals surface area contributed by atoms with Crippen LogP contribution in [0.15, 0.2) is 79.0 Å². The largest absolute Gasteiger partial charge is 0.489 e. The molecule has 0 spiro atoms. The van der Waals surface area contributed by atoms with E-state index in [0.717, 1.165) is 33.3 Å². The Bertz CT molecular complexity index is 1200. The van der Waals surface area contributed by atoms with E-state index in [1.54, 1.807) is 24.3 Å². The SMILES string of the molecule is CC(C)c1cc(-c2cccc(OCc3ccc(C(=O)O)cc3)c2)c2ncccc2c1. The maximum absolute atomic E-state index is 11.0. The first-order valence-corrected chi connectivity index (χ1v) is 9.95. The second-order valence-corrected chi connectivity index (χ2v) is 7.62. The van der Waals surface area contributed by atoms with Crippen molar-refractivity contribution in [2.45, 2.75) is 26.4 Å². The molecule has 0 saturated heterocycles. The number of hydrogen-bond donors (Lipinski definition) is 1. The molecule has 4 heteroatoms. The molecular weight excluding hydrogens is 374 g/mol. The van der Waals surface area contributed by atoms with E-state index in [0.29, 0.717) is 12.5 Å². The van der Waals surface area contributed by atoms with Gasteiger partial charge in [-0.25, -0.2) is 4.79 Å². The number of aromatic nitrogens is 1. The van der Waals surface area contributed by atoms with Crippen molar-refractivity contribution in [3.05, 3.63) is 95.7 Å². The number of hydrogen-bond acceptors (Lipinski definition) is 3. The topological polar surface area (TPSA) is 59.4 Å². The Morgan fingerprint density at radius 3 is 2.53 bits per heavy atom. The van der Waals surface area contributed by atoms with Crippen molar-refractivity contribution in [2.24, 2.45) is 0 Å². The van der Waals surface area contributed by atoms with Crippen LogP contribution in [0.1, 0.15) is 41.3 Å². The Hall–Kier alpha value is -3.66. The number of carbonyl (C=O) groups is 1. The molecule has 0 unspecified atom stereocenters. The fourth-order valence-electron chi connectivity index (χ4n) is 3.43. The lowest BCUT2D eigenvalue weighted by Gasteiger charge is -2.13. The van der Waals surface area contributed by atoms with Crippen LogP contribution in [0.25, 0.3) is 22.0 Å². The number of carboxylic acid groups (broad SMARTS) is 1. The first kappa shape index (κ1) is 19.6. The quantitative estimate of drug-likeness (QED) is 0.415. The third-order valence-electron chi connectivity index (χ3n) is 5.15. The summed E-state index contributed by atoms with van der Waals surface area (Å²) in [5, 5.41) is 10.1. The zero-order valence-electron chi connectivity index (χ0n) is 17.0. The van der Waals surface area contributed by atoms with Crippen LogP contribution >= 0.6 is 0 Å². The molecule has 0 saturated carbocycles. The van der Waals surface area contributed by atoms with Gasteiger partial charge in [0.1, 0.15) is 12.4 Å². The van der Waals surface area contributed by atoms with Gasteiger partial charge in [-0.1, -0.05) is 44.2 Å². The van der Waals surface area contributed by atoms with Gasteiger partial charge >= 0.3 is 5.97 Å². The van der Waals surface area contributed by atoms with Crippen LogP contribution < -0.4 is 4.74 Å². The second kappa shape index (κ2) is 8.37. The van der Waals surface area contributed by atoms with Crippen LogP contribution in [-0.4, -0.2) is 16.1 Å². The number of nitrogens with zero attached hydrogens (tertiary/aromatic N) is 1. The van der Waals surface area contributed by atoms with Gasteiger partial charge in [-0.3, -0.25) is 4.98 Å². The fraction of sp³-hybridized carbons (Fsp3) is 0.154. The predicted octanol–water partition coefficient (Wildman–Crippen LogP) is 6.30. The minimum Gasteiger partial charge on any atom is -0.489 e. The Labute approximate surface area is 175 Å². The van der Waals surface area contributed by atoms with E-state index in [1.807, 2.05) is 30.5 Å². The van der Waals surface area contributed by atoms with Crippen molar-refractivity contribution in [3.63, 3.8) is 0 Å². The van der Waals surface area contributed by atoms with E-state index >= 15 is 0 Å². The zero-order valence-corrected chi connectivity index (χ0v) is 17.0. The predicted molar refractivity (Wildman–Crippen MR) is 119 cm³/mol. The molecule has 150 valence electrons. The molecule has 0 aliphatic rings. The number of benzene rings is 3. The van der Waals surface area contributed by atoms with Crippen LogP contribution in [0.5, 0.6) is 5.75 Å². The van der Waals surface area contributed by atoms with E-state index in [-0.39, 0.29) is 5.56 Å². The molecule has 1 aromatic heterocycles. The van der Waals surface area contributed by atoms with Gasteiger partial charge in [0.2, 0.25) is 0 Å². The monoisotopic (exact) mass is 397 g/mol. The van der Waals surface area contributed by atoms with E-state index in [1.165, 1.54) is 5.56 Å². The zero-order chi connectivity index (χ0) is 21.1. The van der Waals surface area contributed by atoms with Gasteiger partial charge in [-0.05, 0) is 65.1 Å². The normalized spacial score (nSPS) is 11.0. The van der Waals surface area contributed by atoms with Crippen LogP contribution in [0.3, 0.4) is 0 Å². The summed E-state index contributed by atoms with van der Waals surface area (Å²) in [5.74, 6) is 0.245. The number of fused-ring (bicyclic) bond motifs is 1. The summed E-state index contributed by atoms with van der Waals surface area (Å²) in [4.78, 5) is 15.6. The highest BCUT2D eigenvalue weighted by molar-refractivity contribution is 5.94. The highest BCUT2D eigenvalue weighted by Gasteiger charge is 2.11. The van der Waals surface area contributed by atoms with Crippen molar-refractivity contribution in [2.75, 3.05) is 0 Å². The van der Waals surface area contributed by atoms with E-state index in [4.69, 9.17) is 9.84 Å². The number of ether oxygens (including phenoxy) is 1. The fourth-order valence-corrected chi connectivity index (χ4v) is 3.43. The lowest BCUT2D eigenvalue weighted by molar-refractivity contribution is 0.0697. The van der Waals surface area contributed by atoms with E-state index in [2.05, 4.69) is 43.1 Å². The molecule has 30 heavy (non-hydrogen) atoms. The molecule has 0 amide bonds. The molecule has 0 bridgehead atoms. The summed E-state index contributed by atoms with van der Waals surface area (Å²) in [6, 6.07) is 23.2. The van der Waals surface area contributed by atoms with E-state index in [9.17, 15) is 4.79 Å². The van der Waals surface area contributed by atoms with E-state index < -0.39 is 5.97 Å². The first-order chi connectivity index (χ1) is 14.5. The minimum atomic E-state index is -0.931. The van der Waals surface area contributed by atoms with Crippen molar-refractivity contribution in [1.29, 1.82) is 0 Å². The number of carboxylic acids is 1. The maximum Gasteiger partial charge on any atom is 0.335 e. The number of pyridine rings is 1. The first-order valence-electron chi connectivity index (χ1n) is 9.95. The lowest BCUT2D eigenvalue weighted by Crippen LogP contribution is -1.99. The van der Waals surface area contributed by atoms with Crippen molar-refractivity contribution < 1.29 is 14.6 Å². The molecule has 0 atom stereocenters. The third kappa shape index (κ3) is 4.18. The molecule has 1 N–H and O–H groups in total. The van der Waals surface area contributed by atoms with Gasteiger partial charge < -0.3 is 9.84 Å². The number of rotatable bonds is 6. The van der Waals surface area contributed by atoms with Gasteiger partial charge in [0.15, 0.2) is 0 Å². The van der Waals surface area contributed by atoms with Gasteiger partial charge in [0.05, 0.1) is 11.1 Å². The third-order valence-corrected chi connectivity index (χ3v) is 5.15. The summed E-state index contributed by atoms with van der Waals surface area (Å²) in [6.07, 6.45) is 1.82. The Morgan fingerprint density at radius 2 is 1.80 bits per heavy atom. The van der Waals surface area contributed by atoms with Crippen LogP contribution in [-0.2, 0) is 6.61 Å². The highest BCUT2D eigenvalue weighted by Crippen LogP contribution is 2.33. The maximum atomic E-state index is 11.0. The number of aromatic carboxylic acids is 1. The van der Waals surface area contributed by atoms with Crippen molar-refractivity contribution in [3.8, 4) is 16.9 Å². The summed E-state index contributed by atoms with van der Waals surface area (Å²) in [7, 11) is 0. The molecule has 3 aromatic carbocycles. The molecule has 4 rings (SSSR count). The van der Waals surface area contributed by atoms with Crippen LogP contribution in [0.2, 0.25) is 0 Å². The van der Waals surface area contributed by atoms with Gasteiger partial charge in [0, 0.05) is 17.1 Å². The molecule has 0 aliphatic heterocycles. The summed E-state index contributed by atoms with van der Waals surface area (Å²) in [5.41, 5.74) is 5.58. The average Bonchev–Trinajstić information content (AvgIpc) is 2.77. The molecule has 0 radical (unpaired) electrons. The Balaban J connectivity index is 1.63. The second-order valence-electron chi connectivity index (χ2n) is 7.62. The lowest BCUT2D eigenvalue weighted by atomic mass is 9.94. The summed E-state index contributed by atoms with van der Waals surface area (Å²) < 4.78 is 5.98. The van der Waals surface area contributed by atoms with Crippen molar-refractivity contribution in [1.82, 2.24) is 4.98 Å². The van der Waals surface area contributed by atoms with Gasteiger partial charge in [-0.2, -0.15) is 0 Å². The molecule has 1 heterocycles. The van der Waals surface area contributed by atoms with Crippen LogP contribution in [0.4, 0.5) is 0 Å². The molecule has 0 aliphatic carbocycles. The molecule has 4 aromatic rings. The van der Waals surface area contributed by atoms with Crippen molar-refractivity contribution >= 4 is 16.9 Å². The molecule has 4 nitrogen and oxygen atoms in total. The minimum absolute atomic E-state index is 0.269. The molecular formula is C26H23NO3. The Morgan fingerprint density at radius 1 is 1.00 bits per heavy atom. The Kier molecular flexibility index (Phi) is 5.48. The highest BCUT2D eigenvalue weighted by atomic mass is 16.5. The standard InChI is InChI=1S/C26H23NO3/c1-17(2)22-13-21-6-4-12-27-25(21)24(15-22)20-5-3-7-23(14-20)30-16-18-8-10-19(11-9-18)26(28)29/h3-15,17H,16H2,1-2H3,(H,28,29). The average molecular weight is 397 g/mol.